The van der Waals surface area contributed by atoms with Crippen molar-refractivity contribution in [3.05, 3.63) is 59.1 Å². The van der Waals surface area contributed by atoms with Gasteiger partial charge in [0.05, 0.1) is 15.5 Å². The van der Waals surface area contributed by atoms with E-state index in [0.29, 0.717) is 21.7 Å². The molecule has 1 N–H and O–H groups in total. The number of aromatic nitrogens is 1. The number of thiazole rings is 1. The van der Waals surface area contributed by atoms with Crippen LogP contribution in [0.25, 0.3) is 10.2 Å². The Morgan fingerprint density at radius 1 is 1.17 bits per heavy atom. The van der Waals surface area contributed by atoms with E-state index in [0.717, 1.165) is 15.8 Å². The van der Waals surface area contributed by atoms with Crippen molar-refractivity contribution < 1.29 is 4.79 Å². The summed E-state index contributed by atoms with van der Waals surface area (Å²) in [4.78, 5) is 21.1. The second-order valence-electron chi connectivity index (χ2n) is 5.27. The summed E-state index contributed by atoms with van der Waals surface area (Å²) in [6, 6.07) is 15.5. The molecule has 1 aliphatic heterocycles. The van der Waals surface area contributed by atoms with Crippen LogP contribution in [0.4, 0.5) is 5.13 Å². The van der Waals surface area contributed by atoms with Gasteiger partial charge >= 0.3 is 0 Å². The molecule has 1 amide bonds. The minimum atomic E-state index is -0.224. The van der Waals surface area contributed by atoms with Crippen molar-refractivity contribution in [2.75, 3.05) is 0 Å². The first kappa shape index (κ1) is 15.6. The van der Waals surface area contributed by atoms with Crippen molar-refractivity contribution in [1.82, 2.24) is 10.3 Å². The molecule has 0 spiro atoms. The Kier molecular flexibility index (Phi) is 4.26. The fraction of sp³-hybridized carbons (Fsp3) is 0.118. The van der Waals surface area contributed by atoms with Crippen LogP contribution >= 0.6 is 34.7 Å². The molecule has 3 aromatic rings. The van der Waals surface area contributed by atoms with E-state index in [2.05, 4.69) is 15.3 Å². The Morgan fingerprint density at radius 3 is 2.79 bits per heavy atom. The van der Waals surface area contributed by atoms with Crippen molar-refractivity contribution in [2.45, 2.75) is 11.7 Å². The Hall–Kier alpha value is -1.89. The number of halogens is 1. The number of thioether (sulfide) groups is 1. The van der Waals surface area contributed by atoms with Crippen LogP contribution in [0.5, 0.6) is 0 Å². The maximum atomic E-state index is 12.2. The van der Waals surface area contributed by atoms with Gasteiger partial charge in [0.1, 0.15) is 0 Å². The largest absolute Gasteiger partial charge is 0.304 e. The van der Waals surface area contributed by atoms with E-state index in [-0.39, 0.29) is 11.2 Å². The molecule has 0 radical (unpaired) electrons. The van der Waals surface area contributed by atoms with E-state index in [1.807, 2.05) is 48.5 Å². The van der Waals surface area contributed by atoms with Gasteiger partial charge in [0.25, 0.3) is 0 Å². The molecule has 0 saturated carbocycles. The highest BCUT2D eigenvalue weighted by atomic mass is 35.5. The SMILES string of the molecule is O=C1N/C(=N/c2nc3ccccc3s2)SC1Cc1ccccc1Cl. The minimum absolute atomic E-state index is 0.0419. The molecule has 1 atom stereocenters. The molecule has 1 aromatic heterocycles. The van der Waals surface area contributed by atoms with Gasteiger partial charge in [-0.25, -0.2) is 4.98 Å². The third kappa shape index (κ3) is 3.17. The van der Waals surface area contributed by atoms with E-state index in [9.17, 15) is 4.79 Å². The first-order valence-corrected chi connectivity index (χ1v) is 9.41. The highest BCUT2D eigenvalue weighted by Crippen LogP contribution is 2.31. The smallest absolute Gasteiger partial charge is 0.239 e. The summed E-state index contributed by atoms with van der Waals surface area (Å²) < 4.78 is 1.08. The second-order valence-corrected chi connectivity index (χ2v) is 7.88. The molecule has 0 aliphatic carbocycles. The van der Waals surface area contributed by atoms with Crippen LogP contribution in [-0.4, -0.2) is 21.3 Å². The van der Waals surface area contributed by atoms with Crippen LogP contribution in [0.3, 0.4) is 0 Å². The topological polar surface area (TPSA) is 54.4 Å². The highest BCUT2D eigenvalue weighted by molar-refractivity contribution is 8.15. The van der Waals surface area contributed by atoms with Crippen LogP contribution in [-0.2, 0) is 11.2 Å². The maximum Gasteiger partial charge on any atom is 0.239 e. The maximum absolute atomic E-state index is 12.2. The zero-order valence-electron chi connectivity index (χ0n) is 12.4. The lowest BCUT2D eigenvalue weighted by Gasteiger charge is -2.06. The first-order valence-electron chi connectivity index (χ1n) is 7.34. The van der Waals surface area contributed by atoms with Gasteiger partial charge in [-0.15, -0.1) is 0 Å². The van der Waals surface area contributed by atoms with Crippen molar-refractivity contribution >= 4 is 61.1 Å². The van der Waals surface area contributed by atoms with E-state index in [1.54, 1.807) is 0 Å². The fourth-order valence-corrected chi connectivity index (χ4v) is 4.56. The van der Waals surface area contributed by atoms with Gasteiger partial charge in [0, 0.05) is 5.02 Å². The number of hydrogen-bond acceptors (Lipinski definition) is 5. The lowest BCUT2D eigenvalue weighted by Crippen LogP contribution is -2.26. The predicted octanol–water partition coefficient (Wildman–Crippen LogP) is 4.41. The summed E-state index contributed by atoms with van der Waals surface area (Å²) in [6.45, 7) is 0. The van der Waals surface area contributed by atoms with E-state index in [4.69, 9.17) is 11.6 Å². The summed E-state index contributed by atoms with van der Waals surface area (Å²) in [5.41, 5.74) is 1.89. The number of hydrogen-bond donors (Lipinski definition) is 1. The highest BCUT2D eigenvalue weighted by Gasteiger charge is 2.31. The third-order valence-corrected chi connectivity index (χ3v) is 6.00. The summed E-state index contributed by atoms with van der Waals surface area (Å²) in [5.74, 6) is -0.0419. The Morgan fingerprint density at radius 2 is 1.96 bits per heavy atom. The predicted molar refractivity (Wildman–Crippen MR) is 101 cm³/mol. The third-order valence-electron chi connectivity index (χ3n) is 3.62. The summed E-state index contributed by atoms with van der Waals surface area (Å²) in [5, 5.41) is 4.54. The van der Waals surface area contributed by atoms with Gasteiger partial charge in [0.15, 0.2) is 5.17 Å². The Balaban J connectivity index is 1.54. The molecule has 4 rings (SSSR count). The number of amides is 1. The number of carbonyl (C=O) groups is 1. The molecule has 1 saturated heterocycles. The molecule has 24 heavy (non-hydrogen) atoms. The number of para-hydroxylation sites is 1. The number of benzene rings is 2. The molecular formula is C17H12ClN3OS2. The second kappa shape index (κ2) is 6.55. The van der Waals surface area contributed by atoms with Crippen LogP contribution < -0.4 is 5.32 Å². The van der Waals surface area contributed by atoms with Gasteiger partial charge in [-0.3, -0.25) is 4.79 Å². The van der Waals surface area contributed by atoms with E-state index in [1.165, 1.54) is 23.1 Å². The molecule has 120 valence electrons. The van der Waals surface area contributed by atoms with Gasteiger partial charge in [-0.1, -0.05) is 65.0 Å². The minimum Gasteiger partial charge on any atom is -0.304 e. The van der Waals surface area contributed by atoms with Crippen LogP contribution in [0.2, 0.25) is 5.02 Å². The van der Waals surface area contributed by atoms with Gasteiger partial charge in [-0.05, 0) is 30.2 Å². The summed E-state index contributed by atoms with van der Waals surface area (Å²) >= 11 is 9.12. The normalized spacial score (nSPS) is 19.1. The van der Waals surface area contributed by atoms with E-state index < -0.39 is 0 Å². The van der Waals surface area contributed by atoms with Gasteiger partial charge in [-0.2, -0.15) is 4.99 Å². The van der Waals surface area contributed by atoms with Crippen LogP contribution in [0.15, 0.2) is 53.5 Å². The number of amidine groups is 1. The summed E-state index contributed by atoms with van der Waals surface area (Å²) in [6.07, 6.45) is 0.578. The number of nitrogens with zero attached hydrogens (tertiary/aromatic N) is 2. The number of aliphatic imine (C=N–C) groups is 1. The molecule has 1 unspecified atom stereocenters. The van der Waals surface area contributed by atoms with Gasteiger partial charge in [0.2, 0.25) is 11.0 Å². The lowest BCUT2D eigenvalue weighted by atomic mass is 10.1. The van der Waals surface area contributed by atoms with Crippen LogP contribution in [0, 0.1) is 0 Å². The fourth-order valence-electron chi connectivity index (χ4n) is 2.45. The Labute approximate surface area is 152 Å². The Bertz CT molecular complexity index is 921. The van der Waals surface area contributed by atoms with Crippen molar-refractivity contribution in [3.63, 3.8) is 0 Å². The van der Waals surface area contributed by atoms with Crippen LogP contribution in [0.1, 0.15) is 5.56 Å². The number of rotatable bonds is 3. The lowest BCUT2D eigenvalue weighted by molar-refractivity contribution is -0.118. The molecule has 4 nitrogen and oxygen atoms in total. The number of nitrogens with one attached hydrogen (secondary N) is 1. The number of fused-ring (bicyclic) bond motifs is 1. The van der Waals surface area contributed by atoms with E-state index >= 15 is 0 Å². The molecular weight excluding hydrogens is 362 g/mol. The monoisotopic (exact) mass is 373 g/mol. The molecule has 7 heteroatoms. The standard InChI is InChI=1S/C17H12ClN3OS2/c18-11-6-2-1-5-10(11)9-14-15(22)20-17(24-14)21-16-19-12-7-3-4-8-13(12)23-16/h1-8,14H,9H2,(H,19,20,21,22). The molecule has 1 aliphatic rings. The average molecular weight is 374 g/mol. The molecule has 0 bridgehead atoms. The summed E-state index contributed by atoms with van der Waals surface area (Å²) in [7, 11) is 0. The average Bonchev–Trinajstić information content (AvgIpc) is 3.12. The molecule has 2 heterocycles. The zero-order chi connectivity index (χ0) is 16.5. The zero-order valence-corrected chi connectivity index (χ0v) is 14.8. The van der Waals surface area contributed by atoms with Crippen molar-refractivity contribution in [3.8, 4) is 0 Å². The molecule has 1 fully saturated rings. The quantitative estimate of drug-likeness (QED) is 0.739. The molecule has 2 aromatic carbocycles. The first-order chi connectivity index (χ1) is 11.7. The van der Waals surface area contributed by atoms with Gasteiger partial charge < -0.3 is 5.32 Å². The van der Waals surface area contributed by atoms with Crippen molar-refractivity contribution in [2.24, 2.45) is 4.99 Å². The van der Waals surface area contributed by atoms with Crippen molar-refractivity contribution in [1.29, 1.82) is 0 Å². The number of carbonyl (C=O) groups excluding carboxylic acids is 1.